The summed E-state index contributed by atoms with van der Waals surface area (Å²) < 4.78 is 16.9. The van der Waals surface area contributed by atoms with Gasteiger partial charge in [0.1, 0.15) is 13.2 Å². The second-order valence-corrected chi connectivity index (χ2v) is 19.9. The highest BCUT2D eigenvalue weighted by atomic mass is 16.6. The largest absolute Gasteiger partial charge is 0.462 e. The van der Waals surface area contributed by atoms with Gasteiger partial charge < -0.3 is 14.2 Å². The van der Waals surface area contributed by atoms with Crippen molar-refractivity contribution in [1.29, 1.82) is 0 Å². The molecule has 0 aliphatic carbocycles. The van der Waals surface area contributed by atoms with Crippen molar-refractivity contribution in [3.63, 3.8) is 0 Å². The fourth-order valence-electron chi connectivity index (χ4n) is 8.56. The van der Waals surface area contributed by atoms with Crippen LogP contribution in [0.1, 0.15) is 310 Å². The average Bonchev–Trinajstić information content (AvgIpc) is 3.34. The number of carbonyl (C=O) groups is 3. The Morgan fingerprint density at radius 2 is 0.529 bits per heavy atom. The topological polar surface area (TPSA) is 78.9 Å². The van der Waals surface area contributed by atoms with E-state index in [1.807, 2.05) is 0 Å². The lowest BCUT2D eigenvalue weighted by atomic mass is 10.0. The van der Waals surface area contributed by atoms with E-state index in [0.29, 0.717) is 19.3 Å². The van der Waals surface area contributed by atoms with Gasteiger partial charge in [-0.05, 0) is 83.5 Å². The fourth-order valence-corrected chi connectivity index (χ4v) is 8.56. The van der Waals surface area contributed by atoms with E-state index in [2.05, 4.69) is 69.4 Å². The van der Waals surface area contributed by atoms with Crippen LogP contribution in [0.3, 0.4) is 0 Å². The van der Waals surface area contributed by atoms with E-state index in [4.69, 9.17) is 14.2 Å². The molecule has 0 saturated carbocycles. The number of allylic oxidation sites excluding steroid dienone is 8. The average molecular weight is 954 g/mol. The Balaban J connectivity index is 4.39. The second-order valence-electron chi connectivity index (χ2n) is 19.9. The summed E-state index contributed by atoms with van der Waals surface area (Å²) in [6.07, 6.45) is 69.6. The van der Waals surface area contributed by atoms with E-state index in [1.165, 1.54) is 199 Å². The molecule has 0 amide bonds. The summed E-state index contributed by atoms with van der Waals surface area (Å²) in [7, 11) is 0. The number of carbonyl (C=O) groups excluding carboxylic acids is 3. The van der Waals surface area contributed by atoms with Crippen molar-refractivity contribution in [1.82, 2.24) is 0 Å². The van der Waals surface area contributed by atoms with Crippen LogP contribution >= 0.6 is 0 Å². The third-order valence-corrected chi connectivity index (χ3v) is 13.1. The maximum Gasteiger partial charge on any atom is 0.306 e. The van der Waals surface area contributed by atoms with Crippen LogP contribution in [0.15, 0.2) is 48.6 Å². The zero-order chi connectivity index (χ0) is 49.3. The number of esters is 3. The molecule has 0 heterocycles. The van der Waals surface area contributed by atoms with Gasteiger partial charge in [0.2, 0.25) is 0 Å². The molecule has 396 valence electrons. The minimum absolute atomic E-state index is 0.0837. The van der Waals surface area contributed by atoms with Gasteiger partial charge in [-0.2, -0.15) is 0 Å². The van der Waals surface area contributed by atoms with Crippen molar-refractivity contribution in [2.75, 3.05) is 13.2 Å². The van der Waals surface area contributed by atoms with Crippen LogP contribution in [-0.2, 0) is 28.6 Å². The summed E-state index contributed by atoms with van der Waals surface area (Å²) in [5.41, 5.74) is 0. The Hall–Kier alpha value is -2.63. The van der Waals surface area contributed by atoms with E-state index < -0.39 is 6.10 Å². The molecule has 0 fully saturated rings. The first-order valence-electron chi connectivity index (χ1n) is 29.6. The highest BCUT2D eigenvalue weighted by molar-refractivity contribution is 5.71. The summed E-state index contributed by atoms with van der Waals surface area (Å²) in [4.78, 5) is 38.2. The maximum absolute atomic E-state index is 12.9. The number of ether oxygens (including phenoxy) is 3. The number of hydrogen-bond acceptors (Lipinski definition) is 6. The predicted molar refractivity (Wildman–Crippen MR) is 293 cm³/mol. The van der Waals surface area contributed by atoms with Crippen LogP contribution in [0.5, 0.6) is 0 Å². The van der Waals surface area contributed by atoms with E-state index in [-0.39, 0.29) is 31.1 Å². The standard InChI is InChI=1S/C62H112O6/c1-4-7-10-13-16-19-22-25-28-30-32-34-37-40-43-46-49-52-55-61(64)67-58-59(57-66-60(63)54-51-48-45-42-39-36-33-27-24-21-18-15-12-9-6-3)68-62(65)56-53-50-47-44-41-38-35-31-29-26-23-20-17-14-11-8-5-2/h18,21,26-27,29,33,39,42,59H,4-17,19-20,22-25,28,30-32,34-38,40-41,43-58H2,1-3H3/b21-18-,29-26-,33-27-,42-39-/t59-/m1/s1. The first-order valence-corrected chi connectivity index (χ1v) is 29.6. The molecule has 68 heavy (non-hydrogen) atoms. The summed E-state index contributed by atoms with van der Waals surface area (Å²) in [6, 6.07) is 0. The third-order valence-electron chi connectivity index (χ3n) is 13.1. The van der Waals surface area contributed by atoms with Crippen LogP contribution in [0, 0.1) is 0 Å². The predicted octanol–water partition coefficient (Wildman–Crippen LogP) is 19.8. The van der Waals surface area contributed by atoms with Gasteiger partial charge in [-0.25, -0.2) is 0 Å². The van der Waals surface area contributed by atoms with E-state index in [1.54, 1.807) is 0 Å². The third kappa shape index (κ3) is 54.3. The van der Waals surface area contributed by atoms with Gasteiger partial charge in [0, 0.05) is 19.3 Å². The molecule has 1 atom stereocenters. The molecule has 6 heteroatoms. The zero-order valence-electron chi connectivity index (χ0n) is 45.4. The lowest BCUT2D eigenvalue weighted by molar-refractivity contribution is -0.167. The van der Waals surface area contributed by atoms with Crippen LogP contribution in [0.25, 0.3) is 0 Å². The molecule has 0 aliphatic rings. The van der Waals surface area contributed by atoms with Crippen LogP contribution in [0.2, 0.25) is 0 Å². The molecule has 0 saturated heterocycles. The Morgan fingerprint density at radius 3 is 0.897 bits per heavy atom. The smallest absolute Gasteiger partial charge is 0.306 e. The quantitative estimate of drug-likeness (QED) is 0.0262. The Labute approximate surface area is 422 Å². The highest BCUT2D eigenvalue weighted by Gasteiger charge is 2.19. The summed E-state index contributed by atoms with van der Waals surface area (Å²) >= 11 is 0. The zero-order valence-corrected chi connectivity index (χ0v) is 45.4. The van der Waals surface area contributed by atoms with Crippen molar-refractivity contribution in [2.24, 2.45) is 0 Å². The molecule has 0 N–H and O–H groups in total. The van der Waals surface area contributed by atoms with Crippen LogP contribution in [-0.4, -0.2) is 37.2 Å². The molecule has 0 bridgehead atoms. The summed E-state index contributed by atoms with van der Waals surface area (Å²) in [5.74, 6) is -0.912. The van der Waals surface area contributed by atoms with Crippen LogP contribution in [0.4, 0.5) is 0 Å². The van der Waals surface area contributed by atoms with Crippen molar-refractivity contribution in [3.05, 3.63) is 48.6 Å². The molecule has 0 aromatic carbocycles. The van der Waals surface area contributed by atoms with Gasteiger partial charge in [-0.15, -0.1) is 0 Å². The van der Waals surface area contributed by atoms with Crippen molar-refractivity contribution >= 4 is 17.9 Å². The molecular formula is C62H112O6. The minimum Gasteiger partial charge on any atom is -0.462 e. The number of rotatable bonds is 54. The molecule has 6 nitrogen and oxygen atoms in total. The lowest BCUT2D eigenvalue weighted by Crippen LogP contribution is -2.30. The Kier molecular flexibility index (Phi) is 54.8. The molecule has 0 unspecified atom stereocenters. The number of hydrogen-bond donors (Lipinski definition) is 0. The molecule has 0 spiro atoms. The first-order chi connectivity index (χ1) is 33.5. The maximum atomic E-state index is 12.9. The number of unbranched alkanes of at least 4 members (excludes halogenated alkanes) is 35. The normalized spacial score (nSPS) is 12.3. The fraction of sp³-hybridized carbons (Fsp3) is 0.823. The summed E-state index contributed by atoms with van der Waals surface area (Å²) in [5, 5.41) is 0. The Bertz CT molecular complexity index is 1190. The monoisotopic (exact) mass is 953 g/mol. The van der Waals surface area contributed by atoms with Gasteiger partial charge in [0.15, 0.2) is 6.10 Å². The van der Waals surface area contributed by atoms with E-state index >= 15 is 0 Å². The SMILES string of the molecule is CCCCC/C=C\C/C=C\C/C=C\CCCCC(=O)OC[C@H](COC(=O)CCCCCCCCCCCCCCCCCCCC)OC(=O)CCCCCCCCC/C=C\CCCCCCCC. The minimum atomic E-state index is -0.789. The van der Waals surface area contributed by atoms with Gasteiger partial charge in [-0.3, -0.25) is 14.4 Å². The summed E-state index contributed by atoms with van der Waals surface area (Å²) in [6.45, 7) is 6.61. The molecule has 0 radical (unpaired) electrons. The molecular weight excluding hydrogens is 841 g/mol. The van der Waals surface area contributed by atoms with Crippen molar-refractivity contribution < 1.29 is 28.6 Å². The lowest BCUT2D eigenvalue weighted by Gasteiger charge is -2.18. The van der Waals surface area contributed by atoms with Crippen LogP contribution < -0.4 is 0 Å². The second kappa shape index (κ2) is 57.0. The first kappa shape index (κ1) is 65.4. The van der Waals surface area contributed by atoms with Crippen molar-refractivity contribution in [3.8, 4) is 0 Å². The molecule has 0 aliphatic heterocycles. The molecule has 0 rings (SSSR count). The van der Waals surface area contributed by atoms with Gasteiger partial charge >= 0.3 is 17.9 Å². The Morgan fingerprint density at radius 1 is 0.294 bits per heavy atom. The van der Waals surface area contributed by atoms with Gasteiger partial charge in [0.25, 0.3) is 0 Å². The van der Waals surface area contributed by atoms with Gasteiger partial charge in [-0.1, -0.05) is 256 Å². The van der Waals surface area contributed by atoms with Gasteiger partial charge in [0.05, 0.1) is 0 Å². The molecule has 0 aromatic rings. The van der Waals surface area contributed by atoms with E-state index in [0.717, 1.165) is 70.6 Å². The van der Waals surface area contributed by atoms with Crippen molar-refractivity contribution in [2.45, 2.75) is 316 Å². The molecule has 0 aromatic heterocycles. The highest BCUT2D eigenvalue weighted by Crippen LogP contribution is 2.16. The van der Waals surface area contributed by atoms with E-state index in [9.17, 15) is 14.4 Å².